The lowest BCUT2D eigenvalue weighted by atomic mass is 10.0. The van der Waals surface area contributed by atoms with Crippen molar-refractivity contribution in [2.75, 3.05) is 19.6 Å². The molecule has 0 saturated heterocycles. The molecule has 0 aromatic heterocycles. The van der Waals surface area contributed by atoms with Crippen LogP contribution in [0.2, 0.25) is 0 Å². The molecule has 25 heavy (non-hydrogen) atoms. The third-order valence-electron chi connectivity index (χ3n) is 4.62. The average Bonchev–Trinajstić information content (AvgIpc) is 2.53. The monoisotopic (exact) mass is 353 g/mol. The molecule has 0 spiro atoms. The lowest BCUT2D eigenvalue weighted by Gasteiger charge is -2.22. The second kappa shape index (κ2) is 13.2. The highest BCUT2D eigenvalue weighted by atomic mass is 16.1. The van der Waals surface area contributed by atoms with Crippen molar-refractivity contribution in [1.29, 1.82) is 0 Å². The highest BCUT2D eigenvalue weighted by molar-refractivity contribution is 5.81. The predicted octanol–water partition coefficient (Wildman–Crippen LogP) is 4.30. The topological polar surface area (TPSA) is 54.5 Å². The second-order valence-corrected chi connectivity index (χ2v) is 8.02. The Bertz CT molecular complexity index is 352. The molecule has 0 unspecified atom stereocenters. The van der Waals surface area contributed by atoms with Gasteiger partial charge in [0.25, 0.3) is 0 Å². The molecule has 0 heterocycles. The van der Waals surface area contributed by atoms with Gasteiger partial charge in [0.2, 0.25) is 0 Å². The lowest BCUT2D eigenvalue weighted by Crippen LogP contribution is -2.29. The minimum absolute atomic E-state index is 0.0979. The van der Waals surface area contributed by atoms with Crippen LogP contribution in [0.4, 0.5) is 0 Å². The summed E-state index contributed by atoms with van der Waals surface area (Å²) in [4.78, 5) is 37.6. The molecule has 4 heteroatoms. The van der Waals surface area contributed by atoms with Crippen LogP contribution in [-0.2, 0) is 14.4 Å². The Hall–Kier alpha value is -1.03. The maximum Gasteiger partial charge on any atom is 0.135 e. The van der Waals surface area contributed by atoms with Crippen LogP contribution in [0.25, 0.3) is 0 Å². The van der Waals surface area contributed by atoms with E-state index in [1.54, 1.807) is 0 Å². The molecule has 0 aliphatic heterocycles. The molecule has 0 fully saturated rings. The number of hydrogen-bond donors (Lipinski definition) is 0. The van der Waals surface area contributed by atoms with Crippen LogP contribution in [-0.4, -0.2) is 41.9 Å². The smallest absolute Gasteiger partial charge is 0.135 e. The molecule has 0 aliphatic carbocycles. The van der Waals surface area contributed by atoms with E-state index in [4.69, 9.17) is 0 Å². The number of hydrogen-bond acceptors (Lipinski definition) is 4. The predicted molar refractivity (Wildman–Crippen MR) is 104 cm³/mol. The van der Waals surface area contributed by atoms with Crippen molar-refractivity contribution in [3.63, 3.8) is 0 Å². The molecule has 146 valence electrons. The normalized spacial score (nSPS) is 11.8. The largest absolute Gasteiger partial charge is 0.303 e. The maximum absolute atomic E-state index is 11.8. The van der Waals surface area contributed by atoms with Gasteiger partial charge >= 0.3 is 0 Å². The van der Waals surface area contributed by atoms with E-state index in [-0.39, 0.29) is 17.8 Å². The Morgan fingerprint density at radius 3 is 1.00 bits per heavy atom. The molecule has 0 atom stereocenters. The third-order valence-corrected chi connectivity index (χ3v) is 4.62. The van der Waals surface area contributed by atoms with Gasteiger partial charge < -0.3 is 4.90 Å². The fourth-order valence-electron chi connectivity index (χ4n) is 2.63. The molecule has 0 N–H and O–H groups in total. The minimum atomic E-state index is 0.0979. The Kier molecular flexibility index (Phi) is 12.7. The zero-order chi connectivity index (χ0) is 19.4. The van der Waals surface area contributed by atoms with Crippen molar-refractivity contribution >= 4 is 17.3 Å². The van der Waals surface area contributed by atoms with Gasteiger partial charge in [0.05, 0.1) is 0 Å². The minimum Gasteiger partial charge on any atom is -0.303 e. The van der Waals surface area contributed by atoms with Crippen LogP contribution in [0.15, 0.2) is 0 Å². The van der Waals surface area contributed by atoms with E-state index in [0.29, 0.717) is 36.6 Å². The van der Waals surface area contributed by atoms with Gasteiger partial charge in [-0.15, -0.1) is 0 Å². The van der Waals surface area contributed by atoms with Crippen molar-refractivity contribution in [2.24, 2.45) is 17.8 Å². The SMILES string of the molecule is CC(C)C(=O)CCCN(CCCC(=O)C(C)C)CCCC(=O)C(C)C. The first kappa shape index (κ1) is 24.0. The molecule has 0 amide bonds. The van der Waals surface area contributed by atoms with Gasteiger partial charge in [-0.05, 0) is 38.9 Å². The Morgan fingerprint density at radius 2 is 0.800 bits per heavy atom. The van der Waals surface area contributed by atoms with Crippen LogP contribution in [0.5, 0.6) is 0 Å². The molecule has 4 nitrogen and oxygen atoms in total. The van der Waals surface area contributed by atoms with Crippen molar-refractivity contribution in [2.45, 2.75) is 80.1 Å². The standard InChI is InChI=1S/C21H39NO3/c1-16(2)19(23)10-7-13-22(14-8-11-20(24)17(3)4)15-9-12-21(25)18(5)6/h16-18H,7-15H2,1-6H3. The molecule has 0 saturated carbocycles. The number of ketones is 3. The number of Topliss-reactive ketones (excluding diaryl/α,β-unsaturated/α-hetero) is 3. The summed E-state index contributed by atoms with van der Waals surface area (Å²) in [7, 11) is 0. The highest BCUT2D eigenvalue weighted by Gasteiger charge is 2.13. The Balaban J connectivity index is 4.31. The van der Waals surface area contributed by atoms with E-state index in [1.165, 1.54) is 0 Å². The molecule has 0 aromatic carbocycles. The second-order valence-electron chi connectivity index (χ2n) is 8.02. The summed E-state index contributed by atoms with van der Waals surface area (Å²) in [6.07, 6.45) is 4.41. The zero-order valence-electron chi connectivity index (χ0n) is 17.3. The van der Waals surface area contributed by atoms with E-state index in [2.05, 4.69) is 4.90 Å². The molecular formula is C21H39NO3. The van der Waals surface area contributed by atoms with Crippen molar-refractivity contribution in [3.05, 3.63) is 0 Å². The lowest BCUT2D eigenvalue weighted by molar-refractivity contribution is -0.122. The quantitative estimate of drug-likeness (QED) is 0.440. The fraction of sp³-hybridized carbons (Fsp3) is 0.857. The number of carbonyl (C=O) groups is 3. The van der Waals surface area contributed by atoms with Gasteiger partial charge in [-0.2, -0.15) is 0 Å². The van der Waals surface area contributed by atoms with Gasteiger partial charge in [-0.3, -0.25) is 14.4 Å². The van der Waals surface area contributed by atoms with Crippen LogP contribution in [0.1, 0.15) is 80.1 Å². The first-order valence-corrected chi connectivity index (χ1v) is 9.95. The van der Waals surface area contributed by atoms with Crippen LogP contribution in [0, 0.1) is 17.8 Å². The van der Waals surface area contributed by atoms with Crippen molar-refractivity contribution < 1.29 is 14.4 Å². The van der Waals surface area contributed by atoms with E-state index in [1.807, 2.05) is 41.5 Å². The fourth-order valence-corrected chi connectivity index (χ4v) is 2.63. The first-order chi connectivity index (χ1) is 11.6. The van der Waals surface area contributed by atoms with E-state index < -0.39 is 0 Å². The highest BCUT2D eigenvalue weighted by Crippen LogP contribution is 2.09. The summed E-state index contributed by atoms with van der Waals surface area (Å²) in [5.41, 5.74) is 0. The van der Waals surface area contributed by atoms with Gasteiger partial charge in [0.1, 0.15) is 17.3 Å². The molecule has 0 rings (SSSR count). The van der Waals surface area contributed by atoms with Gasteiger partial charge in [-0.25, -0.2) is 0 Å². The van der Waals surface area contributed by atoms with Crippen molar-refractivity contribution in [3.8, 4) is 0 Å². The summed E-state index contributed by atoms with van der Waals surface area (Å²) >= 11 is 0. The van der Waals surface area contributed by atoms with E-state index >= 15 is 0 Å². The number of rotatable bonds is 15. The Labute approximate surface area is 154 Å². The summed E-state index contributed by atoms with van der Waals surface area (Å²) in [6, 6.07) is 0. The molecule has 0 aliphatic rings. The molecule has 0 radical (unpaired) electrons. The maximum atomic E-state index is 11.8. The van der Waals surface area contributed by atoms with Gasteiger partial charge in [0, 0.05) is 37.0 Å². The third kappa shape index (κ3) is 12.0. The van der Waals surface area contributed by atoms with E-state index in [0.717, 1.165) is 38.9 Å². The summed E-state index contributed by atoms with van der Waals surface area (Å²) < 4.78 is 0. The molecule has 0 bridgehead atoms. The van der Waals surface area contributed by atoms with Gasteiger partial charge in [-0.1, -0.05) is 41.5 Å². The Morgan fingerprint density at radius 1 is 0.560 bits per heavy atom. The van der Waals surface area contributed by atoms with Crippen LogP contribution < -0.4 is 0 Å². The van der Waals surface area contributed by atoms with Crippen LogP contribution >= 0.6 is 0 Å². The van der Waals surface area contributed by atoms with E-state index in [9.17, 15) is 14.4 Å². The summed E-state index contributed by atoms with van der Waals surface area (Å²) in [6.45, 7) is 14.2. The average molecular weight is 354 g/mol. The van der Waals surface area contributed by atoms with Crippen LogP contribution in [0.3, 0.4) is 0 Å². The summed E-state index contributed by atoms with van der Waals surface area (Å²) in [5, 5.41) is 0. The first-order valence-electron chi connectivity index (χ1n) is 9.95. The zero-order valence-corrected chi connectivity index (χ0v) is 17.3. The van der Waals surface area contributed by atoms with Gasteiger partial charge in [0.15, 0.2) is 0 Å². The summed E-state index contributed by atoms with van der Waals surface area (Å²) in [5.74, 6) is 1.22. The van der Waals surface area contributed by atoms with Crippen molar-refractivity contribution in [1.82, 2.24) is 4.90 Å². The number of nitrogens with zero attached hydrogens (tertiary/aromatic N) is 1. The number of carbonyl (C=O) groups excluding carboxylic acids is 3. The molecular weight excluding hydrogens is 314 g/mol. The molecule has 0 aromatic rings.